The minimum Gasteiger partial charge on any atom is -0.489 e. The fourth-order valence-corrected chi connectivity index (χ4v) is 2.24. The van der Waals surface area contributed by atoms with E-state index in [1.165, 1.54) is 29.2 Å². The van der Waals surface area contributed by atoms with E-state index in [0.29, 0.717) is 11.4 Å². The monoisotopic (exact) mass is 310 g/mol. The quantitative estimate of drug-likeness (QED) is 0.640. The number of non-ortho nitro benzene ring substituents is 1. The molecule has 0 saturated heterocycles. The van der Waals surface area contributed by atoms with E-state index in [2.05, 4.69) is 10.1 Å². The van der Waals surface area contributed by atoms with Gasteiger partial charge < -0.3 is 4.74 Å². The van der Waals surface area contributed by atoms with Gasteiger partial charge in [-0.15, -0.1) is 0 Å². The lowest BCUT2D eigenvalue weighted by Crippen LogP contribution is -2.43. The maximum absolute atomic E-state index is 12.9. The number of alkyl halides is 2. The Morgan fingerprint density at radius 1 is 1.45 bits per heavy atom. The van der Waals surface area contributed by atoms with Gasteiger partial charge in [0.1, 0.15) is 18.2 Å². The zero-order valence-electron chi connectivity index (χ0n) is 11.6. The third-order valence-electron chi connectivity index (χ3n) is 3.36. The molecule has 22 heavy (non-hydrogen) atoms. The second-order valence-corrected chi connectivity index (χ2v) is 5.18. The first-order chi connectivity index (χ1) is 10.3. The molecule has 1 aromatic carbocycles. The normalized spacial score (nSPS) is 17.0. The van der Waals surface area contributed by atoms with Crippen LogP contribution in [0.2, 0.25) is 0 Å². The first-order valence-corrected chi connectivity index (χ1v) is 6.53. The van der Waals surface area contributed by atoms with Gasteiger partial charge in [-0.2, -0.15) is 5.10 Å². The van der Waals surface area contributed by atoms with Crippen molar-refractivity contribution < 1.29 is 18.4 Å². The Morgan fingerprint density at radius 3 is 2.73 bits per heavy atom. The fourth-order valence-electron chi connectivity index (χ4n) is 2.24. The topological polar surface area (TPSA) is 83.1 Å². The van der Waals surface area contributed by atoms with Crippen molar-refractivity contribution in [3.05, 3.63) is 34.6 Å². The van der Waals surface area contributed by atoms with Crippen molar-refractivity contribution in [2.75, 3.05) is 0 Å². The number of nitrogens with zero attached hydrogens (tertiary/aromatic N) is 4. The van der Waals surface area contributed by atoms with Gasteiger partial charge in [-0.3, -0.25) is 14.8 Å². The fraction of sp³-hybridized carbons (Fsp3) is 0.385. The van der Waals surface area contributed by atoms with Gasteiger partial charge in [-0.1, -0.05) is 0 Å². The van der Waals surface area contributed by atoms with Crippen LogP contribution < -0.4 is 4.74 Å². The molecule has 1 aromatic heterocycles. The maximum atomic E-state index is 12.9. The Labute approximate surface area is 123 Å². The van der Waals surface area contributed by atoms with E-state index >= 15 is 0 Å². The highest BCUT2D eigenvalue weighted by atomic mass is 19.3. The molecular formula is C13H12F2N4O3. The van der Waals surface area contributed by atoms with E-state index in [0.717, 1.165) is 0 Å². The number of benzene rings is 1. The largest absolute Gasteiger partial charge is 0.489 e. The molecule has 0 N–H and O–H groups in total. The van der Waals surface area contributed by atoms with Gasteiger partial charge in [0.2, 0.25) is 0 Å². The van der Waals surface area contributed by atoms with Crippen LogP contribution in [-0.2, 0) is 7.05 Å². The highest BCUT2D eigenvalue weighted by molar-refractivity contribution is 5.66. The molecule has 9 heteroatoms. The summed E-state index contributed by atoms with van der Waals surface area (Å²) in [6.07, 6.45) is 0.00703. The molecule has 116 valence electrons. The van der Waals surface area contributed by atoms with Crippen LogP contribution in [0.25, 0.3) is 11.4 Å². The summed E-state index contributed by atoms with van der Waals surface area (Å²) in [7, 11) is 1.68. The van der Waals surface area contributed by atoms with Crippen LogP contribution in [0.3, 0.4) is 0 Å². The summed E-state index contributed by atoms with van der Waals surface area (Å²) in [5, 5.41) is 15.0. The molecule has 1 aliphatic carbocycles. The Balaban J connectivity index is 1.93. The van der Waals surface area contributed by atoms with E-state index in [9.17, 15) is 18.9 Å². The first-order valence-electron chi connectivity index (χ1n) is 6.53. The SMILES string of the molecule is Cn1cnc(-c2ccc([N+](=O)[O-])cc2OC2CC(F)(F)C2)n1. The predicted octanol–water partition coefficient (Wildman–Crippen LogP) is 2.57. The van der Waals surface area contributed by atoms with Crippen molar-refractivity contribution in [1.82, 2.24) is 14.8 Å². The van der Waals surface area contributed by atoms with Crippen LogP contribution in [0, 0.1) is 10.1 Å². The Morgan fingerprint density at radius 2 is 2.18 bits per heavy atom. The molecule has 1 fully saturated rings. The van der Waals surface area contributed by atoms with E-state index < -0.39 is 29.8 Å². The lowest BCUT2D eigenvalue weighted by molar-refractivity contribution is -0.384. The summed E-state index contributed by atoms with van der Waals surface area (Å²) in [4.78, 5) is 14.4. The number of aryl methyl sites for hydroxylation is 1. The van der Waals surface area contributed by atoms with Crippen LogP contribution in [-0.4, -0.2) is 31.7 Å². The molecule has 1 aliphatic rings. The minimum absolute atomic E-state index is 0.140. The Hall–Kier alpha value is -2.58. The Bertz CT molecular complexity index is 724. The van der Waals surface area contributed by atoms with Crippen LogP contribution in [0.5, 0.6) is 5.75 Å². The highest BCUT2D eigenvalue weighted by Crippen LogP contribution is 2.42. The van der Waals surface area contributed by atoms with Crippen LogP contribution in [0.1, 0.15) is 12.8 Å². The maximum Gasteiger partial charge on any atom is 0.273 e. The number of halogens is 2. The summed E-state index contributed by atoms with van der Waals surface area (Å²) in [6.45, 7) is 0. The average molecular weight is 310 g/mol. The third kappa shape index (κ3) is 2.74. The van der Waals surface area contributed by atoms with E-state index in [-0.39, 0.29) is 11.4 Å². The Kier molecular flexibility index (Phi) is 3.27. The molecular weight excluding hydrogens is 298 g/mol. The molecule has 7 nitrogen and oxygen atoms in total. The van der Waals surface area contributed by atoms with Gasteiger partial charge in [0.25, 0.3) is 11.6 Å². The molecule has 0 spiro atoms. The third-order valence-corrected chi connectivity index (χ3v) is 3.36. The standard InChI is InChI=1S/C13H12F2N4O3/c1-18-7-16-12(17-18)10-3-2-8(19(20)21)4-11(10)22-9-5-13(14,15)6-9/h2-4,7,9H,5-6H2,1H3. The van der Waals surface area contributed by atoms with E-state index in [1.54, 1.807) is 7.05 Å². The summed E-state index contributed by atoms with van der Waals surface area (Å²) in [6, 6.07) is 3.97. The zero-order chi connectivity index (χ0) is 15.9. The predicted molar refractivity (Wildman–Crippen MR) is 71.7 cm³/mol. The molecule has 2 aromatic rings. The smallest absolute Gasteiger partial charge is 0.273 e. The molecule has 0 bridgehead atoms. The second kappa shape index (κ2) is 5.00. The minimum atomic E-state index is -2.73. The van der Waals surface area contributed by atoms with Crippen molar-refractivity contribution >= 4 is 5.69 Å². The summed E-state index contributed by atoms with van der Waals surface area (Å²) in [5.41, 5.74) is 0.252. The highest BCUT2D eigenvalue weighted by Gasteiger charge is 2.47. The molecule has 0 unspecified atom stereocenters. The van der Waals surface area contributed by atoms with Crippen molar-refractivity contribution in [2.24, 2.45) is 7.05 Å². The van der Waals surface area contributed by atoms with Crippen LogP contribution in [0.4, 0.5) is 14.5 Å². The second-order valence-electron chi connectivity index (χ2n) is 5.18. The van der Waals surface area contributed by atoms with Gasteiger partial charge in [0, 0.05) is 26.0 Å². The van der Waals surface area contributed by atoms with Crippen LogP contribution in [0.15, 0.2) is 24.5 Å². The zero-order valence-corrected chi connectivity index (χ0v) is 11.6. The van der Waals surface area contributed by atoms with Gasteiger partial charge >= 0.3 is 0 Å². The summed E-state index contributed by atoms with van der Waals surface area (Å²) < 4.78 is 32.8. The van der Waals surface area contributed by atoms with Gasteiger partial charge in [0.15, 0.2) is 5.82 Å². The van der Waals surface area contributed by atoms with Gasteiger partial charge in [0.05, 0.1) is 16.6 Å². The molecule has 0 radical (unpaired) electrons. The van der Waals surface area contributed by atoms with E-state index in [4.69, 9.17) is 4.74 Å². The molecule has 0 amide bonds. The van der Waals surface area contributed by atoms with Crippen molar-refractivity contribution in [3.63, 3.8) is 0 Å². The molecule has 1 saturated carbocycles. The number of hydrogen-bond donors (Lipinski definition) is 0. The molecule has 3 rings (SSSR count). The number of rotatable bonds is 4. The number of hydrogen-bond acceptors (Lipinski definition) is 5. The van der Waals surface area contributed by atoms with Gasteiger partial charge in [-0.25, -0.2) is 13.8 Å². The number of nitro groups is 1. The van der Waals surface area contributed by atoms with Crippen molar-refractivity contribution in [1.29, 1.82) is 0 Å². The lowest BCUT2D eigenvalue weighted by atomic mass is 9.91. The van der Waals surface area contributed by atoms with E-state index in [1.807, 2.05) is 0 Å². The first kappa shape index (κ1) is 14.4. The lowest BCUT2D eigenvalue weighted by Gasteiger charge is -2.35. The van der Waals surface area contributed by atoms with Crippen molar-refractivity contribution in [2.45, 2.75) is 24.9 Å². The summed E-state index contributed by atoms with van der Waals surface area (Å²) >= 11 is 0. The molecule has 1 heterocycles. The number of aromatic nitrogens is 3. The van der Waals surface area contributed by atoms with Crippen molar-refractivity contribution in [3.8, 4) is 17.1 Å². The molecule has 0 aliphatic heterocycles. The molecule has 0 atom stereocenters. The van der Waals surface area contributed by atoms with Gasteiger partial charge in [-0.05, 0) is 6.07 Å². The van der Waals surface area contributed by atoms with Crippen LogP contribution >= 0.6 is 0 Å². The number of nitro benzene ring substituents is 1. The number of ether oxygens (including phenoxy) is 1. The average Bonchev–Trinajstić information content (AvgIpc) is 2.83. The summed E-state index contributed by atoms with van der Waals surface area (Å²) in [5.74, 6) is -2.27.